The van der Waals surface area contributed by atoms with Crippen molar-refractivity contribution < 1.29 is 19.4 Å². The molecule has 1 N–H and O–H groups in total. The van der Waals surface area contributed by atoms with Crippen molar-refractivity contribution in [3.8, 4) is 0 Å². The van der Waals surface area contributed by atoms with Gasteiger partial charge < -0.3 is 9.84 Å². The Morgan fingerprint density at radius 2 is 2.12 bits per heavy atom. The van der Waals surface area contributed by atoms with Gasteiger partial charge in [0.25, 0.3) is 0 Å². The van der Waals surface area contributed by atoms with Crippen molar-refractivity contribution in [3.05, 3.63) is 0 Å². The summed E-state index contributed by atoms with van der Waals surface area (Å²) < 4.78 is 5.30. The van der Waals surface area contributed by atoms with Gasteiger partial charge in [0.2, 0.25) is 11.8 Å². The van der Waals surface area contributed by atoms with Crippen molar-refractivity contribution in [2.45, 2.75) is 45.3 Å². The van der Waals surface area contributed by atoms with Crippen molar-refractivity contribution in [2.24, 2.45) is 5.41 Å². The SMILES string of the molecule is CC1OCCC1(O)CN1C(=O)CC(C)(C)C1=O. The molecule has 0 saturated carbocycles. The van der Waals surface area contributed by atoms with Crippen molar-refractivity contribution in [1.82, 2.24) is 4.90 Å². The number of likely N-dealkylation sites (tertiary alicyclic amines) is 1. The van der Waals surface area contributed by atoms with E-state index in [-0.39, 0.29) is 30.9 Å². The highest BCUT2D eigenvalue weighted by molar-refractivity contribution is 6.05. The molecular weight excluding hydrogens is 222 g/mol. The van der Waals surface area contributed by atoms with Gasteiger partial charge in [-0.15, -0.1) is 0 Å². The van der Waals surface area contributed by atoms with Crippen LogP contribution in [0, 0.1) is 5.41 Å². The number of aliphatic hydroxyl groups is 1. The zero-order chi connectivity index (χ0) is 12.8. The summed E-state index contributed by atoms with van der Waals surface area (Å²) in [5.74, 6) is -0.400. The first-order valence-electron chi connectivity index (χ1n) is 5.95. The molecular formula is C12H19NO4. The fraction of sp³-hybridized carbons (Fsp3) is 0.833. The van der Waals surface area contributed by atoms with Crippen LogP contribution in [0.2, 0.25) is 0 Å². The lowest BCUT2D eigenvalue weighted by atomic mass is 9.91. The highest BCUT2D eigenvalue weighted by Crippen LogP contribution is 2.35. The minimum absolute atomic E-state index is 0.0509. The Kier molecular flexibility index (Phi) is 2.78. The molecule has 96 valence electrons. The summed E-state index contributed by atoms with van der Waals surface area (Å²) in [5.41, 5.74) is -1.73. The molecule has 17 heavy (non-hydrogen) atoms. The van der Waals surface area contributed by atoms with Crippen LogP contribution in [0.1, 0.15) is 33.6 Å². The van der Waals surface area contributed by atoms with Gasteiger partial charge in [0.1, 0.15) is 5.60 Å². The van der Waals surface area contributed by atoms with E-state index >= 15 is 0 Å². The maximum Gasteiger partial charge on any atom is 0.235 e. The van der Waals surface area contributed by atoms with Crippen molar-refractivity contribution >= 4 is 11.8 Å². The Hall–Kier alpha value is -0.940. The summed E-state index contributed by atoms with van der Waals surface area (Å²) in [6.07, 6.45) is 0.342. The third-order valence-corrected chi connectivity index (χ3v) is 3.81. The molecule has 2 aliphatic rings. The number of nitrogens with zero attached hydrogens (tertiary/aromatic N) is 1. The van der Waals surface area contributed by atoms with E-state index in [0.717, 1.165) is 0 Å². The molecule has 2 heterocycles. The van der Waals surface area contributed by atoms with Crippen LogP contribution in [0.3, 0.4) is 0 Å². The second-order valence-corrected chi connectivity index (χ2v) is 5.71. The van der Waals surface area contributed by atoms with E-state index in [9.17, 15) is 14.7 Å². The fourth-order valence-corrected chi connectivity index (χ4v) is 2.44. The predicted octanol–water partition coefficient (Wildman–Crippen LogP) is 0.311. The summed E-state index contributed by atoms with van der Waals surface area (Å²) >= 11 is 0. The Bertz CT molecular complexity index is 366. The zero-order valence-electron chi connectivity index (χ0n) is 10.5. The average Bonchev–Trinajstić information content (AvgIpc) is 2.62. The Morgan fingerprint density at radius 1 is 1.47 bits per heavy atom. The van der Waals surface area contributed by atoms with Crippen LogP contribution in [0.25, 0.3) is 0 Å². The van der Waals surface area contributed by atoms with Gasteiger partial charge in [-0.1, -0.05) is 13.8 Å². The van der Waals surface area contributed by atoms with Gasteiger partial charge in [0, 0.05) is 19.4 Å². The molecule has 0 bridgehead atoms. The second-order valence-electron chi connectivity index (χ2n) is 5.71. The van der Waals surface area contributed by atoms with Gasteiger partial charge in [-0.3, -0.25) is 14.5 Å². The minimum atomic E-state index is -1.09. The van der Waals surface area contributed by atoms with Crippen molar-refractivity contribution in [1.29, 1.82) is 0 Å². The smallest absolute Gasteiger partial charge is 0.235 e. The lowest BCUT2D eigenvalue weighted by Crippen LogP contribution is -2.50. The number of amides is 2. The van der Waals surface area contributed by atoms with Gasteiger partial charge in [0.05, 0.1) is 18.1 Å². The van der Waals surface area contributed by atoms with Gasteiger partial charge in [-0.05, 0) is 6.92 Å². The van der Waals surface area contributed by atoms with Gasteiger partial charge in [-0.25, -0.2) is 0 Å². The van der Waals surface area contributed by atoms with E-state index in [1.165, 1.54) is 4.90 Å². The molecule has 2 rings (SSSR count). The van der Waals surface area contributed by atoms with E-state index in [1.54, 1.807) is 20.8 Å². The Morgan fingerprint density at radius 3 is 2.53 bits per heavy atom. The Labute approximate surface area is 101 Å². The van der Waals surface area contributed by atoms with Gasteiger partial charge >= 0.3 is 0 Å². The van der Waals surface area contributed by atoms with Crippen LogP contribution in [0.4, 0.5) is 0 Å². The summed E-state index contributed by atoms with van der Waals surface area (Å²) in [6.45, 7) is 5.80. The minimum Gasteiger partial charge on any atom is -0.385 e. The predicted molar refractivity (Wildman–Crippen MR) is 60.1 cm³/mol. The summed E-state index contributed by atoms with van der Waals surface area (Å²) in [7, 11) is 0. The van der Waals surface area contributed by atoms with Crippen LogP contribution in [0.5, 0.6) is 0 Å². The van der Waals surface area contributed by atoms with E-state index in [0.29, 0.717) is 13.0 Å². The molecule has 2 unspecified atom stereocenters. The third-order valence-electron chi connectivity index (χ3n) is 3.81. The van der Waals surface area contributed by atoms with E-state index in [2.05, 4.69) is 0 Å². The number of rotatable bonds is 2. The molecule has 5 heteroatoms. The van der Waals surface area contributed by atoms with E-state index in [4.69, 9.17) is 4.74 Å². The van der Waals surface area contributed by atoms with Crippen molar-refractivity contribution in [3.63, 3.8) is 0 Å². The molecule has 0 aliphatic carbocycles. The fourth-order valence-electron chi connectivity index (χ4n) is 2.44. The lowest BCUT2D eigenvalue weighted by Gasteiger charge is -2.30. The topological polar surface area (TPSA) is 66.8 Å². The maximum absolute atomic E-state index is 12.0. The van der Waals surface area contributed by atoms with Gasteiger partial charge in [-0.2, -0.15) is 0 Å². The first-order chi connectivity index (χ1) is 7.76. The number of imide groups is 1. The molecule has 2 amide bonds. The molecule has 2 atom stereocenters. The molecule has 0 spiro atoms. The molecule has 2 fully saturated rings. The largest absolute Gasteiger partial charge is 0.385 e. The molecule has 0 aromatic carbocycles. The van der Waals surface area contributed by atoms with Crippen LogP contribution >= 0.6 is 0 Å². The summed E-state index contributed by atoms with van der Waals surface area (Å²) in [4.78, 5) is 25.0. The standard InChI is InChI=1S/C12H19NO4/c1-8-12(16,4-5-17-8)7-13-9(14)6-11(2,3)10(13)15/h8,16H,4-7H2,1-3H3. The zero-order valence-corrected chi connectivity index (χ0v) is 10.5. The normalized spacial score (nSPS) is 36.9. The number of ether oxygens (including phenoxy) is 1. The van der Waals surface area contributed by atoms with Crippen molar-refractivity contribution in [2.75, 3.05) is 13.2 Å². The summed E-state index contributed by atoms with van der Waals surface area (Å²) in [5, 5.41) is 10.4. The first kappa shape index (κ1) is 12.5. The number of carbonyl (C=O) groups is 2. The number of β-amino-alcohol motifs (C(OH)–C–C–N with tert-alkyl or cyclic N) is 1. The monoisotopic (exact) mass is 241 g/mol. The highest BCUT2D eigenvalue weighted by atomic mass is 16.5. The molecule has 0 aromatic rings. The number of hydrogen-bond acceptors (Lipinski definition) is 4. The molecule has 2 saturated heterocycles. The van der Waals surface area contributed by atoms with Crippen LogP contribution in [0.15, 0.2) is 0 Å². The highest BCUT2D eigenvalue weighted by Gasteiger charge is 2.50. The summed E-state index contributed by atoms with van der Waals surface area (Å²) in [6, 6.07) is 0. The van der Waals surface area contributed by atoms with E-state index in [1.807, 2.05) is 0 Å². The molecule has 0 radical (unpaired) electrons. The third kappa shape index (κ3) is 1.98. The molecule has 0 aromatic heterocycles. The first-order valence-corrected chi connectivity index (χ1v) is 5.95. The van der Waals surface area contributed by atoms with E-state index < -0.39 is 11.0 Å². The van der Waals surface area contributed by atoms with Crippen LogP contribution in [-0.2, 0) is 14.3 Å². The lowest BCUT2D eigenvalue weighted by molar-refractivity contribution is -0.146. The second kappa shape index (κ2) is 3.78. The Balaban J connectivity index is 2.14. The number of carbonyl (C=O) groups excluding carboxylic acids is 2. The number of hydrogen-bond donors (Lipinski definition) is 1. The maximum atomic E-state index is 12.0. The van der Waals surface area contributed by atoms with Crippen LogP contribution < -0.4 is 0 Å². The molecule has 2 aliphatic heterocycles. The molecule has 5 nitrogen and oxygen atoms in total. The van der Waals surface area contributed by atoms with Crippen LogP contribution in [-0.4, -0.2) is 46.7 Å². The van der Waals surface area contributed by atoms with Gasteiger partial charge in [0.15, 0.2) is 0 Å². The average molecular weight is 241 g/mol. The quantitative estimate of drug-likeness (QED) is 0.707.